The average molecular weight is 911 g/mol. The van der Waals surface area contributed by atoms with Gasteiger partial charge in [-0.2, -0.15) is 0 Å². The van der Waals surface area contributed by atoms with Crippen LogP contribution in [0.5, 0.6) is 0 Å². The first kappa shape index (κ1) is 37.3. The highest BCUT2D eigenvalue weighted by Gasteiger charge is 2.20. The Hall–Kier alpha value is -7.94. The topological polar surface area (TPSA) is 32.8 Å². The van der Waals surface area contributed by atoms with Crippen LogP contribution in [0.3, 0.4) is 0 Å². The standard InChI is InChI=1S/C60H34N2O2S3/c1-3-11-35(12-4-1)61(37-21-25-53-45(27-37)41-15-7-9-17-51(41)63-53)39-19-23-43-47-31-49-50-32-48-44-24-20-40(30-56(44)66-58(48)34-60(50)67-59(49)33-57(47)65-55(43)29-39)62(36-13-5-2-6-14-36)38-22-26-54-46(28-38)42-16-8-10-18-52(42)64-54/h1-34H. The van der Waals surface area contributed by atoms with Crippen molar-refractivity contribution in [3.63, 3.8) is 0 Å². The molecule has 0 bridgehead atoms. The third kappa shape index (κ3) is 5.76. The van der Waals surface area contributed by atoms with Gasteiger partial charge in [0.2, 0.25) is 0 Å². The largest absolute Gasteiger partial charge is 0.456 e. The van der Waals surface area contributed by atoms with E-state index in [-0.39, 0.29) is 0 Å². The van der Waals surface area contributed by atoms with E-state index in [0.29, 0.717) is 0 Å². The van der Waals surface area contributed by atoms with Gasteiger partial charge in [-0.05, 0) is 121 Å². The summed E-state index contributed by atoms with van der Waals surface area (Å²) in [5.74, 6) is 0. The molecule has 0 aliphatic heterocycles. The number of benzene rings is 10. The Labute approximate surface area is 395 Å². The Kier molecular flexibility index (Phi) is 7.95. The molecule has 10 aromatic carbocycles. The van der Waals surface area contributed by atoms with Crippen LogP contribution < -0.4 is 9.80 Å². The zero-order valence-electron chi connectivity index (χ0n) is 35.6. The third-order valence-corrected chi connectivity index (χ3v) is 16.8. The van der Waals surface area contributed by atoms with E-state index in [2.05, 4.69) is 192 Å². The van der Waals surface area contributed by atoms with E-state index in [1.54, 1.807) is 0 Å². The number of anilines is 6. The predicted octanol–water partition coefficient (Wildman–Crippen LogP) is 19.5. The first-order valence-electron chi connectivity index (χ1n) is 22.4. The number of furan rings is 2. The molecule has 67 heavy (non-hydrogen) atoms. The van der Waals surface area contributed by atoms with Crippen LogP contribution in [0.1, 0.15) is 0 Å². The second-order valence-corrected chi connectivity index (χ2v) is 20.5. The van der Waals surface area contributed by atoms with Crippen molar-refractivity contribution in [3.8, 4) is 0 Å². The summed E-state index contributed by atoms with van der Waals surface area (Å²) < 4.78 is 20.3. The summed E-state index contributed by atoms with van der Waals surface area (Å²) in [5.41, 5.74) is 10.3. The number of thiophene rings is 3. The fourth-order valence-electron chi connectivity index (χ4n) is 10.3. The minimum atomic E-state index is 0.896. The quantitative estimate of drug-likeness (QED) is 0.166. The fraction of sp³-hybridized carbons (Fsp3) is 0. The van der Waals surface area contributed by atoms with Gasteiger partial charge >= 0.3 is 0 Å². The highest BCUT2D eigenvalue weighted by atomic mass is 32.1. The molecule has 15 aromatic rings. The van der Waals surface area contributed by atoms with Crippen molar-refractivity contribution in [3.05, 3.63) is 206 Å². The highest BCUT2D eigenvalue weighted by molar-refractivity contribution is 7.29. The Balaban J connectivity index is 0.833. The lowest BCUT2D eigenvalue weighted by molar-refractivity contribution is 0.668. The van der Waals surface area contributed by atoms with E-state index < -0.39 is 0 Å². The van der Waals surface area contributed by atoms with Crippen molar-refractivity contribution >= 4 is 173 Å². The van der Waals surface area contributed by atoms with E-state index in [0.717, 1.165) is 78.0 Å². The minimum absolute atomic E-state index is 0.896. The lowest BCUT2D eigenvalue weighted by Gasteiger charge is -2.25. The van der Waals surface area contributed by atoms with Crippen LogP contribution in [0.25, 0.3) is 104 Å². The highest BCUT2D eigenvalue weighted by Crippen LogP contribution is 2.48. The average Bonchev–Trinajstić information content (AvgIpc) is 4.19. The van der Waals surface area contributed by atoms with Gasteiger partial charge in [-0.15, -0.1) is 34.0 Å². The zero-order chi connectivity index (χ0) is 43.7. The van der Waals surface area contributed by atoms with E-state index in [1.165, 1.54) is 60.5 Å². The maximum absolute atomic E-state index is 6.22. The lowest BCUT2D eigenvalue weighted by atomic mass is 10.0. The van der Waals surface area contributed by atoms with Gasteiger partial charge in [-0.3, -0.25) is 0 Å². The predicted molar refractivity (Wildman–Crippen MR) is 289 cm³/mol. The van der Waals surface area contributed by atoms with Crippen molar-refractivity contribution in [1.29, 1.82) is 0 Å². The minimum Gasteiger partial charge on any atom is -0.456 e. The number of hydrogen-bond acceptors (Lipinski definition) is 7. The van der Waals surface area contributed by atoms with E-state index >= 15 is 0 Å². The SMILES string of the molecule is c1ccc(N(c2ccc3c(c2)sc2cc4sc5cc6sc7cc(N(c8ccccc8)c8ccc9oc%10ccccc%10c9c8)ccc7c6cc5c4cc23)c2ccc3oc4ccccc4c3c2)cc1. The van der Waals surface area contributed by atoms with Gasteiger partial charge in [0, 0.05) is 116 Å². The normalized spacial score (nSPS) is 12.2. The van der Waals surface area contributed by atoms with Crippen LogP contribution in [0.2, 0.25) is 0 Å². The molecule has 7 heteroatoms. The molecule has 0 aliphatic carbocycles. The first-order chi connectivity index (χ1) is 33.1. The van der Waals surface area contributed by atoms with Crippen LogP contribution in [0.15, 0.2) is 215 Å². The van der Waals surface area contributed by atoms with Gasteiger partial charge in [0.05, 0.1) is 0 Å². The number of fused-ring (bicyclic) bond motifs is 15. The van der Waals surface area contributed by atoms with E-state index in [1.807, 2.05) is 58.3 Å². The fourth-order valence-corrected chi connectivity index (χ4v) is 13.9. The molecule has 314 valence electrons. The third-order valence-electron chi connectivity index (χ3n) is 13.4. The number of nitrogens with zero attached hydrogens (tertiary/aromatic N) is 2. The molecule has 0 fully saturated rings. The summed E-state index contributed by atoms with van der Waals surface area (Å²) in [4.78, 5) is 4.72. The molecule has 0 saturated heterocycles. The zero-order valence-corrected chi connectivity index (χ0v) is 38.0. The molecule has 0 unspecified atom stereocenters. The molecule has 0 aliphatic rings. The summed E-state index contributed by atoms with van der Waals surface area (Å²) in [6.07, 6.45) is 0. The first-order valence-corrected chi connectivity index (χ1v) is 24.8. The molecule has 0 spiro atoms. The number of rotatable bonds is 6. The molecule has 0 radical (unpaired) electrons. The Morgan fingerprint density at radius 3 is 1.01 bits per heavy atom. The lowest BCUT2D eigenvalue weighted by Crippen LogP contribution is -2.09. The van der Waals surface area contributed by atoms with E-state index in [4.69, 9.17) is 8.83 Å². The Bertz CT molecular complexity index is 4190. The van der Waals surface area contributed by atoms with Gasteiger partial charge in [-0.25, -0.2) is 0 Å². The van der Waals surface area contributed by atoms with Crippen LogP contribution in [0, 0.1) is 0 Å². The Morgan fingerprint density at radius 2 is 0.567 bits per heavy atom. The maximum atomic E-state index is 6.22. The molecule has 0 amide bonds. The summed E-state index contributed by atoms with van der Waals surface area (Å²) in [6.45, 7) is 0. The molecule has 0 saturated carbocycles. The second kappa shape index (κ2) is 14.3. The van der Waals surface area contributed by atoms with Crippen LogP contribution in [0.4, 0.5) is 34.1 Å². The van der Waals surface area contributed by atoms with Gasteiger partial charge in [0.25, 0.3) is 0 Å². The number of hydrogen-bond donors (Lipinski definition) is 0. The van der Waals surface area contributed by atoms with Crippen LogP contribution >= 0.6 is 34.0 Å². The van der Waals surface area contributed by atoms with Crippen molar-refractivity contribution in [1.82, 2.24) is 0 Å². The van der Waals surface area contributed by atoms with Gasteiger partial charge in [0.1, 0.15) is 22.3 Å². The van der Waals surface area contributed by atoms with Crippen LogP contribution in [-0.4, -0.2) is 0 Å². The van der Waals surface area contributed by atoms with Crippen molar-refractivity contribution in [2.75, 3.05) is 9.80 Å². The van der Waals surface area contributed by atoms with Gasteiger partial charge in [-0.1, -0.05) is 84.9 Å². The smallest absolute Gasteiger partial charge is 0.135 e. The molecular weight excluding hydrogens is 877 g/mol. The molecule has 0 N–H and O–H groups in total. The summed E-state index contributed by atoms with van der Waals surface area (Å²) >= 11 is 5.66. The van der Waals surface area contributed by atoms with Gasteiger partial charge < -0.3 is 18.6 Å². The van der Waals surface area contributed by atoms with E-state index in [9.17, 15) is 0 Å². The summed E-state index contributed by atoms with van der Waals surface area (Å²) in [5, 5.41) is 12.3. The molecule has 5 heterocycles. The summed E-state index contributed by atoms with van der Waals surface area (Å²) in [6, 6.07) is 74.6. The van der Waals surface area contributed by atoms with Crippen molar-refractivity contribution < 1.29 is 8.83 Å². The van der Waals surface area contributed by atoms with Crippen molar-refractivity contribution in [2.24, 2.45) is 0 Å². The Morgan fingerprint density at radius 1 is 0.224 bits per heavy atom. The second-order valence-electron chi connectivity index (χ2n) is 17.3. The number of para-hydroxylation sites is 4. The molecule has 0 atom stereocenters. The van der Waals surface area contributed by atoms with Crippen LogP contribution in [-0.2, 0) is 0 Å². The molecule has 4 nitrogen and oxygen atoms in total. The monoisotopic (exact) mass is 910 g/mol. The van der Waals surface area contributed by atoms with Crippen molar-refractivity contribution in [2.45, 2.75) is 0 Å². The molecule has 15 rings (SSSR count). The molecular formula is C60H34N2O2S3. The molecule has 5 aromatic heterocycles. The maximum Gasteiger partial charge on any atom is 0.135 e. The van der Waals surface area contributed by atoms with Gasteiger partial charge in [0.15, 0.2) is 0 Å². The summed E-state index contributed by atoms with van der Waals surface area (Å²) in [7, 11) is 0.